The van der Waals surface area contributed by atoms with Crippen molar-refractivity contribution < 1.29 is 14.3 Å². The number of aromatic nitrogens is 3. The molecule has 1 N–H and O–H groups in total. The Morgan fingerprint density at radius 3 is 2.52 bits per heavy atom. The molecule has 154 valence electrons. The molecule has 0 unspecified atom stereocenters. The van der Waals surface area contributed by atoms with Crippen molar-refractivity contribution in [3.05, 3.63) is 89.8 Å². The van der Waals surface area contributed by atoms with Crippen molar-refractivity contribution in [1.29, 1.82) is 0 Å². The Bertz CT molecular complexity index is 1280. The van der Waals surface area contributed by atoms with Gasteiger partial charge in [-0.15, -0.1) is 0 Å². The summed E-state index contributed by atoms with van der Waals surface area (Å²) in [6, 6.07) is 18.4. The molecule has 7 nitrogen and oxygen atoms in total. The first-order valence-corrected chi connectivity index (χ1v) is 9.63. The molecule has 4 aromatic rings. The molecule has 0 saturated heterocycles. The highest BCUT2D eigenvalue weighted by Crippen LogP contribution is 2.23. The van der Waals surface area contributed by atoms with Crippen molar-refractivity contribution in [1.82, 2.24) is 14.8 Å². The van der Waals surface area contributed by atoms with Crippen molar-refractivity contribution in [3.8, 4) is 5.69 Å². The van der Waals surface area contributed by atoms with E-state index in [1.54, 1.807) is 41.2 Å². The number of para-hydroxylation sites is 1. The van der Waals surface area contributed by atoms with Gasteiger partial charge >= 0.3 is 5.97 Å². The van der Waals surface area contributed by atoms with Crippen LogP contribution < -0.4 is 5.32 Å². The number of pyridine rings is 1. The van der Waals surface area contributed by atoms with Gasteiger partial charge in [0, 0.05) is 11.5 Å². The zero-order valence-electron chi connectivity index (χ0n) is 17.1. The van der Waals surface area contributed by atoms with E-state index in [1.807, 2.05) is 43.3 Å². The number of benzene rings is 2. The lowest BCUT2D eigenvalue weighted by Crippen LogP contribution is -2.08. The largest absolute Gasteiger partial charge is 0.465 e. The van der Waals surface area contributed by atoms with Gasteiger partial charge in [-0.25, -0.2) is 14.5 Å². The van der Waals surface area contributed by atoms with Crippen LogP contribution in [0, 0.1) is 6.92 Å². The Morgan fingerprint density at radius 1 is 1.06 bits per heavy atom. The van der Waals surface area contributed by atoms with Crippen molar-refractivity contribution in [2.24, 2.45) is 0 Å². The molecule has 0 aliphatic carbocycles. The molecule has 2 heterocycles. The molecule has 0 radical (unpaired) electrons. The van der Waals surface area contributed by atoms with Gasteiger partial charge in [0.05, 0.1) is 35.9 Å². The standard InChI is InChI=1S/C24H20N4O3/c1-16-21-14-19(15-25-23(21)28(27-16)20-6-4-3-5-7-20)26-22(29)13-10-17-8-11-18(12-9-17)24(30)31-2/h3-15H,1-2H3,(H,26,29)/b13-10+. The second kappa shape index (κ2) is 8.62. The summed E-state index contributed by atoms with van der Waals surface area (Å²) in [5, 5.41) is 8.26. The van der Waals surface area contributed by atoms with Gasteiger partial charge in [0.1, 0.15) is 0 Å². The van der Waals surface area contributed by atoms with Crippen LogP contribution in [0.5, 0.6) is 0 Å². The predicted octanol–water partition coefficient (Wildman–Crippen LogP) is 4.17. The Morgan fingerprint density at radius 2 is 1.81 bits per heavy atom. The van der Waals surface area contributed by atoms with Crippen LogP contribution >= 0.6 is 0 Å². The fraction of sp³-hybridized carbons (Fsp3) is 0.0833. The lowest BCUT2D eigenvalue weighted by molar-refractivity contribution is -0.111. The number of aryl methyl sites for hydroxylation is 1. The van der Waals surface area contributed by atoms with E-state index in [1.165, 1.54) is 13.2 Å². The smallest absolute Gasteiger partial charge is 0.337 e. The number of fused-ring (bicyclic) bond motifs is 1. The highest BCUT2D eigenvalue weighted by Gasteiger charge is 2.11. The number of methoxy groups -OCH3 is 1. The van der Waals surface area contributed by atoms with Crippen molar-refractivity contribution >= 4 is 34.7 Å². The number of rotatable bonds is 5. The monoisotopic (exact) mass is 412 g/mol. The number of nitrogens with zero attached hydrogens (tertiary/aromatic N) is 3. The number of ether oxygens (including phenoxy) is 1. The van der Waals surface area contributed by atoms with Gasteiger partial charge in [0.2, 0.25) is 5.91 Å². The highest BCUT2D eigenvalue weighted by atomic mass is 16.5. The first-order valence-electron chi connectivity index (χ1n) is 9.63. The van der Waals surface area contributed by atoms with Gasteiger partial charge in [-0.05, 0) is 48.9 Å². The lowest BCUT2D eigenvalue weighted by atomic mass is 10.1. The number of hydrogen-bond acceptors (Lipinski definition) is 5. The van der Waals surface area contributed by atoms with E-state index in [0.29, 0.717) is 11.3 Å². The van der Waals surface area contributed by atoms with E-state index >= 15 is 0 Å². The number of carbonyl (C=O) groups excluding carboxylic acids is 2. The molecular weight excluding hydrogens is 392 g/mol. The zero-order chi connectivity index (χ0) is 21.8. The van der Waals surface area contributed by atoms with Gasteiger partial charge in [-0.2, -0.15) is 5.10 Å². The molecule has 0 aliphatic heterocycles. The summed E-state index contributed by atoms with van der Waals surface area (Å²) < 4.78 is 6.46. The van der Waals surface area contributed by atoms with Gasteiger partial charge in [0.25, 0.3) is 0 Å². The minimum Gasteiger partial charge on any atom is -0.465 e. The molecule has 0 aliphatic rings. The second-order valence-electron chi connectivity index (χ2n) is 6.86. The normalized spacial score (nSPS) is 11.0. The van der Waals surface area contributed by atoms with Crippen LogP contribution in [-0.2, 0) is 9.53 Å². The molecule has 0 atom stereocenters. The molecule has 1 amide bonds. The number of hydrogen-bond donors (Lipinski definition) is 1. The average Bonchev–Trinajstić information content (AvgIpc) is 3.14. The predicted molar refractivity (Wildman–Crippen MR) is 119 cm³/mol. The molecule has 31 heavy (non-hydrogen) atoms. The summed E-state index contributed by atoms with van der Waals surface area (Å²) in [6.45, 7) is 1.91. The summed E-state index contributed by atoms with van der Waals surface area (Å²) in [5.74, 6) is -0.687. The second-order valence-corrected chi connectivity index (χ2v) is 6.86. The highest BCUT2D eigenvalue weighted by molar-refractivity contribution is 6.02. The van der Waals surface area contributed by atoms with Crippen molar-refractivity contribution in [2.75, 3.05) is 12.4 Å². The molecule has 2 aromatic heterocycles. The molecule has 0 spiro atoms. The van der Waals surface area contributed by atoms with Crippen LogP contribution in [0.4, 0.5) is 5.69 Å². The van der Waals surface area contributed by atoms with Gasteiger partial charge < -0.3 is 10.1 Å². The summed E-state index contributed by atoms with van der Waals surface area (Å²) in [5.41, 5.74) is 4.29. The third kappa shape index (κ3) is 4.35. The summed E-state index contributed by atoms with van der Waals surface area (Å²) >= 11 is 0. The van der Waals surface area contributed by atoms with Crippen LogP contribution in [0.1, 0.15) is 21.6 Å². The van der Waals surface area contributed by atoms with Crippen LogP contribution in [0.25, 0.3) is 22.8 Å². The molecule has 4 rings (SSSR count). The topological polar surface area (TPSA) is 86.1 Å². The van der Waals surface area contributed by atoms with Crippen molar-refractivity contribution in [3.63, 3.8) is 0 Å². The van der Waals surface area contributed by atoms with E-state index < -0.39 is 5.97 Å². The van der Waals surface area contributed by atoms with E-state index in [-0.39, 0.29) is 5.91 Å². The van der Waals surface area contributed by atoms with Gasteiger partial charge in [-0.3, -0.25) is 4.79 Å². The number of nitrogens with one attached hydrogen (secondary N) is 1. The number of anilines is 1. The maximum Gasteiger partial charge on any atom is 0.337 e. The molecule has 0 bridgehead atoms. The Kier molecular flexibility index (Phi) is 5.57. The third-order valence-corrected chi connectivity index (χ3v) is 4.73. The maximum atomic E-state index is 12.3. The summed E-state index contributed by atoms with van der Waals surface area (Å²) in [7, 11) is 1.33. The maximum absolute atomic E-state index is 12.3. The van der Waals surface area contributed by atoms with Gasteiger partial charge in [-0.1, -0.05) is 30.3 Å². The minimum absolute atomic E-state index is 0.286. The first kappa shape index (κ1) is 20.0. The molecule has 7 heteroatoms. The summed E-state index contributed by atoms with van der Waals surface area (Å²) in [4.78, 5) is 28.3. The lowest BCUT2D eigenvalue weighted by Gasteiger charge is -2.04. The Balaban J connectivity index is 1.49. The molecule has 0 fully saturated rings. The molecular formula is C24H20N4O3. The van der Waals surface area contributed by atoms with Crippen LogP contribution in [0.15, 0.2) is 72.9 Å². The Hall–Kier alpha value is -4.26. The first-order chi connectivity index (χ1) is 15.0. The Labute approximate surface area is 179 Å². The number of amides is 1. The molecule has 2 aromatic carbocycles. The SMILES string of the molecule is COC(=O)c1ccc(/C=C/C(=O)Nc2cnc3c(c2)c(C)nn3-c2ccccc2)cc1. The number of esters is 1. The van der Waals surface area contributed by atoms with E-state index in [9.17, 15) is 9.59 Å². The third-order valence-electron chi connectivity index (χ3n) is 4.73. The van der Waals surface area contributed by atoms with Crippen LogP contribution in [0.3, 0.4) is 0 Å². The fourth-order valence-electron chi connectivity index (χ4n) is 3.17. The quantitative estimate of drug-likeness (QED) is 0.393. The van der Waals surface area contributed by atoms with Crippen LogP contribution in [-0.4, -0.2) is 33.8 Å². The van der Waals surface area contributed by atoms with Crippen molar-refractivity contribution in [2.45, 2.75) is 6.92 Å². The zero-order valence-corrected chi connectivity index (χ0v) is 17.1. The average molecular weight is 412 g/mol. The number of carbonyl (C=O) groups is 2. The van der Waals surface area contributed by atoms with E-state index in [0.717, 1.165) is 28.0 Å². The molecule has 0 saturated carbocycles. The van der Waals surface area contributed by atoms with E-state index in [2.05, 4.69) is 20.1 Å². The van der Waals surface area contributed by atoms with E-state index in [4.69, 9.17) is 0 Å². The summed E-state index contributed by atoms with van der Waals surface area (Å²) in [6.07, 6.45) is 4.71. The van der Waals surface area contributed by atoms with Gasteiger partial charge in [0.15, 0.2) is 5.65 Å². The fourth-order valence-corrected chi connectivity index (χ4v) is 3.17. The minimum atomic E-state index is -0.401. The van der Waals surface area contributed by atoms with Crippen LogP contribution in [0.2, 0.25) is 0 Å².